The monoisotopic (exact) mass is 276 g/mol. The van der Waals surface area contributed by atoms with Crippen molar-refractivity contribution in [1.29, 1.82) is 0 Å². The minimum Gasteiger partial charge on any atom is -0.388 e. The zero-order valence-corrected chi connectivity index (χ0v) is 11.1. The lowest BCUT2D eigenvalue weighted by Crippen LogP contribution is -2.05. The summed E-state index contributed by atoms with van der Waals surface area (Å²) in [4.78, 5) is 0. The molecule has 0 spiro atoms. The standard InChI is InChI=1S/C11H17BrOS/c1-3-8(4-2)5-10(13)9-6-11(12)14-7-9/h6-8,10,13H,3-5H2,1-2H3. The Bertz CT molecular complexity index is 268. The maximum absolute atomic E-state index is 9.95. The minimum absolute atomic E-state index is 0.289. The fourth-order valence-corrected chi connectivity index (χ4v) is 2.79. The molecule has 14 heavy (non-hydrogen) atoms. The van der Waals surface area contributed by atoms with Gasteiger partial charge in [-0.3, -0.25) is 0 Å². The van der Waals surface area contributed by atoms with Crippen molar-refractivity contribution in [1.82, 2.24) is 0 Å². The fraction of sp³-hybridized carbons (Fsp3) is 0.636. The van der Waals surface area contributed by atoms with Crippen LogP contribution in [-0.4, -0.2) is 5.11 Å². The molecule has 3 heteroatoms. The Labute approximate surface area is 98.3 Å². The van der Waals surface area contributed by atoms with Crippen molar-refractivity contribution in [3.05, 3.63) is 20.8 Å². The molecule has 0 bridgehead atoms. The van der Waals surface area contributed by atoms with Crippen LogP contribution >= 0.6 is 27.3 Å². The van der Waals surface area contributed by atoms with Crippen LogP contribution in [0.3, 0.4) is 0 Å². The lowest BCUT2D eigenvalue weighted by atomic mass is 9.94. The van der Waals surface area contributed by atoms with E-state index in [2.05, 4.69) is 29.8 Å². The lowest BCUT2D eigenvalue weighted by Gasteiger charge is -2.16. The number of rotatable bonds is 5. The van der Waals surface area contributed by atoms with Crippen molar-refractivity contribution < 1.29 is 5.11 Å². The van der Waals surface area contributed by atoms with Crippen LogP contribution in [0.2, 0.25) is 0 Å². The minimum atomic E-state index is -0.289. The first kappa shape index (κ1) is 12.2. The molecule has 0 aliphatic rings. The number of aliphatic hydroxyl groups excluding tert-OH is 1. The summed E-state index contributed by atoms with van der Waals surface area (Å²) in [6, 6.07) is 2.01. The Morgan fingerprint density at radius 2 is 2.07 bits per heavy atom. The lowest BCUT2D eigenvalue weighted by molar-refractivity contribution is 0.141. The largest absolute Gasteiger partial charge is 0.388 e. The van der Waals surface area contributed by atoms with Crippen LogP contribution in [0.5, 0.6) is 0 Å². The molecule has 0 saturated heterocycles. The van der Waals surface area contributed by atoms with Crippen molar-refractivity contribution in [2.24, 2.45) is 5.92 Å². The maximum Gasteiger partial charge on any atom is 0.0801 e. The van der Waals surface area contributed by atoms with Gasteiger partial charge in [-0.25, -0.2) is 0 Å². The summed E-state index contributed by atoms with van der Waals surface area (Å²) < 4.78 is 1.09. The number of hydrogen-bond acceptors (Lipinski definition) is 2. The third kappa shape index (κ3) is 3.37. The highest BCUT2D eigenvalue weighted by Gasteiger charge is 2.14. The molecule has 0 fully saturated rings. The molecular weight excluding hydrogens is 260 g/mol. The normalized spacial score (nSPS) is 13.5. The van der Waals surface area contributed by atoms with Crippen LogP contribution in [0.25, 0.3) is 0 Å². The number of thiophene rings is 1. The van der Waals surface area contributed by atoms with Gasteiger partial charge in [-0.05, 0) is 45.3 Å². The first-order valence-corrected chi connectivity index (χ1v) is 6.76. The molecule has 0 amide bonds. The smallest absolute Gasteiger partial charge is 0.0801 e. The Balaban J connectivity index is 2.53. The van der Waals surface area contributed by atoms with E-state index in [1.807, 2.05) is 11.4 Å². The molecular formula is C11H17BrOS. The number of halogens is 1. The fourth-order valence-electron chi connectivity index (χ4n) is 1.57. The molecule has 80 valence electrons. The van der Waals surface area contributed by atoms with E-state index in [0.29, 0.717) is 5.92 Å². The summed E-state index contributed by atoms with van der Waals surface area (Å²) in [6.07, 6.45) is 2.90. The molecule has 0 aliphatic heterocycles. The Hall–Kier alpha value is 0.140. The number of hydrogen-bond donors (Lipinski definition) is 1. The van der Waals surface area contributed by atoms with Crippen LogP contribution < -0.4 is 0 Å². The summed E-state index contributed by atoms with van der Waals surface area (Å²) in [5.74, 6) is 0.642. The summed E-state index contributed by atoms with van der Waals surface area (Å²) in [6.45, 7) is 4.37. The molecule has 1 nitrogen and oxygen atoms in total. The van der Waals surface area contributed by atoms with Crippen LogP contribution in [0.1, 0.15) is 44.8 Å². The number of aliphatic hydroxyl groups is 1. The molecule has 1 aromatic heterocycles. The third-order valence-corrected chi connectivity index (χ3v) is 4.21. The predicted molar refractivity (Wildman–Crippen MR) is 65.7 cm³/mol. The zero-order valence-electron chi connectivity index (χ0n) is 8.66. The average Bonchev–Trinajstić information content (AvgIpc) is 2.61. The van der Waals surface area contributed by atoms with Gasteiger partial charge in [0.25, 0.3) is 0 Å². The molecule has 1 unspecified atom stereocenters. The van der Waals surface area contributed by atoms with Crippen LogP contribution in [0, 0.1) is 5.92 Å². The predicted octanol–water partition coefficient (Wildman–Crippen LogP) is 4.37. The van der Waals surface area contributed by atoms with Gasteiger partial charge >= 0.3 is 0 Å². The van der Waals surface area contributed by atoms with Gasteiger partial charge in [0, 0.05) is 0 Å². The highest BCUT2D eigenvalue weighted by atomic mass is 79.9. The van der Waals surface area contributed by atoms with Crippen LogP contribution in [0.4, 0.5) is 0 Å². The Kier molecular flexibility index (Phi) is 5.13. The highest BCUT2D eigenvalue weighted by molar-refractivity contribution is 9.11. The van der Waals surface area contributed by atoms with Gasteiger partial charge in [-0.2, -0.15) is 0 Å². The molecule has 0 aromatic carbocycles. The van der Waals surface area contributed by atoms with Gasteiger partial charge in [0.15, 0.2) is 0 Å². The third-order valence-electron chi connectivity index (χ3n) is 2.68. The quantitative estimate of drug-likeness (QED) is 0.847. The molecule has 0 saturated carbocycles. The van der Waals surface area contributed by atoms with E-state index >= 15 is 0 Å². The van der Waals surface area contributed by atoms with Crippen molar-refractivity contribution in [2.45, 2.75) is 39.2 Å². The summed E-state index contributed by atoms with van der Waals surface area (Å²) >= 11 is 5.04. The molecule has 0 aliphatic carbocycles. The summed E-state index contributed by atoms with van der Waals surface area (Å²) in [5.41, 5.74) is 1.05. The van der Waals surface area contributed by atoms with E-state index in [0.717, 1.165) is 28.6 Å². The van der Waals surface area contributed by atoms with E-state index < -0.39 is 0 Å². The van der Waals surface area contributed by atoms with E-state index in [4.69, 9.17) is 0 Å². The molecule has 1 heterocycles. The first-order valence-electron chi connectivity index (χ1n) is 5.09. The van der Waals surface area contributed by atoms with Crippen molar-refractivity contribution in [3.63, 3.8) is 0 Å². The molecule has 0 radical (unpaired) electrons. The van der Waals surface area contributed by atoms with Gasteiger partial charge in [0.05, 0.1) is 9.89 Å². The van der Waals surface area contributed by atoms with E-state index in [-0.39, 0.29) is 6.10 Å². The highest BCUT2D eigenvalue weighted by Crippen LogP contribution is 2.30. The van der Waals surface area contributed by atoms with Crippen molar-refractivity contribution in [3.8, 4) is 0 Å². The topological polar surface area (TPSA) is 20.2 Å². The average molecular weight is 277 g/mol. The van der Waals surface area contributed by atoms with Gasteiger partial charge in [0.2, 0.25) is 0 Å². The second kappa shape index (κ2) is 5.89. The zero-order chi connectivity index (χ0) is 10.6. The van der Waals surface area contributed by atoms with Gasteiger partial charge in [-0.15, -0.1) is 11.3 Å². The first-order chi connectivity index (χ1) is 6.67. The second-order valence-electron chi connectivity index (χ2n) is 3.62. The van der Waals surface area contributed by atoms with Gasteiger partial charge < -0.3 is 5.11 Å². The van der Waals surface area contributed by atoms with Gasteiger partial charge in [-0.1, -0.05) is 26.7 Å². The SMILES string of the molecule is CCC(CC)CC(O)c1csc(Br)c1. The molecule has 1 atom stereocenters. The van der Waals surface area contributed by atoms with Crippen molar-refractivity contribution in [2.75, 3.05) is 0 Å². The molecule has 1 aromatic rings. The van der Waals surface area contributed by atoms with Crippen molar-refractivity contribution >= 4 is 27.3 Å². The van der Waals surface area contributed by atoms with E-state index in [9.17, 15) is 5.11 Å². The Morgan fingerprint density at radius 3 is 2.50 bits per heavy atom. The van der Waals surface area contributed by atoms with E-state index in [1.54, 1.807) is 11.3 Å². The van der Waals surface area contributed by atoms with Crippen LogP contribution in [-0.2, 0) is 0 Å². The van der Waals surface area contributed by atoms with Crippen LogP contribution in [0.15, 0.2) is 15.2 Å². The summed E-state index contributed by atoms with van der Waals surface area (Å²) in [7, 11) is 0. The second-order valence-corrected chi connectivity index (χ2v) is 5.91. The summed E-state index contributed by atoms with van der Waals surface area (Å²) in [5, 5.41) is 12.0. The van der Waals surface area contributed by atoms with E-state index in [1.165, 1.54) is 0 Å². The maximum atomic E-state index is 9.95. The molecule has 1 rings (SSSR count). The molecule has 1 N–H and O–H groups in total. The van der Waals surface area contributed by atoms with Gasteiger partial charge in [0.1, 0.15) is 0 Å². The Morgan fingerprint density at radius 1 is 1.43 bits per heavy atom.